The number of fused-ring (bicyclic) bond motifs is 1. The van der Waals surface area contributed by atoms with Gasteiger partial charge in [0.25, 0.3) is 0 Å². The number of benzene rings is 1. The first-order valence-corrected chi connectivity index (χ1v) is 7.29. The fourth-order valence-electron chi connectivity index (χ4n) is 1.83. The zero-order chi connectivity index (χ0) is 11.4. The minimum atomic E-state index is 0.0646. The number of nitrogens with one attached hydrogen (secondary N) is 1. The van der Waals surface area contributed by atoms with Gasteiger partial charge in [0.15, 0.2) is 0 Å². The second kappa shape index (κ2) is 5.46. The van der Waals surface area contributed by atoms with Gasteiger partial charge < -0.3 is 0 Å². The Morgan fingerprint density at radius 3 is 3.06 bits per heavy atom. The molecule has 1 N–H and O–H groups in total. The topological polar surface area (TPSA) is 37.8 Å². The summed E-state index contributed by atoms with van der Waals surface area (Å²) in [7, 11) is 0. The molecule has 1 aromatic heterocycles. The molecule has 0 aliphatic rings. The third-order valence-corrected chi connectivity index (χ3v) is 3.85. The van der Waals surface area contributed by atoms with Gasteiger partial charge in [-0.15, -0.1) is 0 Å². The molecule has 1 unspecified atom stereocenters. The Hall–Kier alpha value is -0.861. The fourth-order valence-corrected chi connectivity index (χ4v) is 2.98. The number of hydrogen-bond acceptors (Lipinski definition) is 3. The molecule has 2 aromatic rings. The SMILES string of the molecule is CCCC(C)CNc1cccc2n[se]nc12. The van der Waals surface area contributed by atoms with Crippen LogP contribution in [0.3, 0.4) is 0 Å². The van der Waals surface area contributed by atoms with Gasteiger partial charge >= 0.3 is 102 Å². The van der Waals surface area contributed by atoms with Gasteiger partial charge in [0.1, 0.15) is 0 Å². The standard InChI is InChI=1S/C12H17N3Se/c1-3-5-9(2)8-13-10-6-4-7-11-12(10)15-16-14-11/h4,6-7,9,13H,3,5,8H2,1-2H3. The van der Waals surface area contributed by atoms with Crippen molar-refractivity contribution in [3.63, 3.8) is 0 Å². The van der Waals surface area contributed by atoms with E-state index in [-0.39, 0.29) is 15.0 Å². The van der Waals surface area contributed by atoms with Crippen LogP contribution in [-0.4, -0.2) is 29.5 Å². The molecule has 0 spiro atoms. The third-order valence-electron chi connectivity index (χ3n) is 2.71. The Bertz CT molecular complexity index is 452. The Kier molecular flexibility index (Phi) is 3.97. The predicted molar refractivity (Wildman–Crippen MR) is 69.0 cm³/mol. The van der Waals surface area contributed by atoms with Gasteiger partial charge in [-0.2, -0.15) is 0 Å². The summed E-state index contributed by atoms with van der Waals surface area (Å²) in [6.07, 6.45) is 2.52. The van der Waals surface area contributed by atoms with E-state index >= 15 is 0 Å². The van der Waals surface area contributed by atoms with E-state index < -0.39 is 0 Å². The first-order chi connectivity index (χ1) is 7.81. The van der Waals surface area contributed by atoms with Gasteiger partial charge in [0, 0.05) is 0 Å². The molecule has 1 aromatic carbocycles. The van der Waals surface area contributed by atoms with Crippen molar-refractivity contribution in [2.24, 2.45) is 5.92 Å². The van der Waals surface area contributed by atoms with Gasteiger partial charge in [0.05, 0.1) is 0 Å². The van der Waals surface area contributed by atoms with Crippen LogP contribution in [0.2, 0.25) is 0 Å². The van der Waals surface area contributed by atoms with Gasteiger partial charge in [-0.05, 0) is 0 Å². The maximum atomic E-state index is 4.46. The van der Waals surface area contributed by atoms with Crippen molar-refractivity contribution in [3.05, 3.63) is 18.2 Å². The molecule has 0 aliphatic heterocycles. The molecule has 1 atom stereocenters. The second-order valence-electron chi connectivity index (χ2n) is 4.21. The molecule has 2 rings (SSSR count). The van der Waals surface area contributed by atoms with Crippen LogP contribution in [-0.2, 0) is 0 Å². The molecule has 0 saturated heterocycles. The molecule has 86 valence electrons. The van der Waals surface area contributed by atoms with Crippen LogP contribution in [0.15, 0.2) is 18.2 Å². The van der Waals surface area contributed by atoms with E-state index in [2.05, 4.69) is 33.2 Å². The molecule has 0 fully saturated rings. The van der Waals surface area contributed by atoms with Crippen molar-refractivity contribution < 1.29 is 0 Å². The average Bonchev–Trinajstić information content (AvgIpc) is 2.75. The summed E-state index contributed by atoms with van der Waals surface area (Å²) < 4.78 is 8.84. The summed E-state index contributed by atoms with van der Waals surface area (Å²) in [6, 6.07) is 6.18. The molecular formula is C12H17N3Se. The van der Waals surface area contributed by atoms with Crippen LogP contribution in [0, 0.1) is 5.92 Å². The molecule has 0 bridgehead atoms. The number of rotatable bonds is 5. The summed E-state index contributed by atoms with van der Waals surface area (Å²) in [6.45, 7) is 5.53. The molecule has 0 aliphatic carbocycles. The molecule has 0 saturated carbocycles. The van der Waals surface area contributed by atoms with Crippen LogP contribution in [0.5, 0.6) is 0 Å². The molecule has 4 heteroatoms. The second-order valence-corrected chi connectivity index (χ2v) is 5.32. The van der Waals surface area contributed by atoms with Crippen LogP contribution >= 0.6 is 0 Å². The number of aromatic nitrogens is 2. The van der Waals surface area contributed by atoms with E-state index in [0.29, 0.717) is 5.92 Å². The average molecular weight is 282 g/mol. The van der Waals surface area contributed by atoms with Crippen molar-refractivity contribution in [1.82, 2.24) is 7.96 Å². The van der Waals surface area contributed by atoms with Crippen LogP contribution < -0.4 is 5.32 Å². The number of anilines is 1. The molecule has 16 heavy (non-hydrogen) atoms. The summed E-state index contributed by atoms with van der Waals surface area (Å²) in [5.74, 6) is 0.713. The van der Waals surface area contributed by atoms with E-state index in [4.69, 9.17) is 0 Å². The third kappa shape index (κ3) is 2.63. The summed E-state index contributed by atoms with van der Waals surface area (Å²) in [4.78, 5) is 0. The predicted octanol–water partition coefficient (Wildman–Crippen LogP) is 2.53. The van der Waals surface area contributed by atoms with Crippen LogP contribution in [0.1, 0.15) is 26.7 Å². The normalized spacial score (nSPS) is 12.9. The van der Waals surface area contributed by atoms with Gasteiger partial charge in [-0.1, -0.05) is 0 Å². The van der Waals surface area contributed by atoms with Crippen LogP contribution in [0.25, 0.3) is 11.0 Å². The van der Waals surface area contributed by atoms with Crippen molar-refractivity contribution in [1.29, 1.82) is 0 Å². The minimum absolute atomic E-state index is 0.0646. The van der Waals surface area contributed by atoms with Gasteiger partial charge in [0.2, 0.25) is 0 Å². The molecular weight excluding hydrogens is 265 g/mol. The van der Waals surface area contributed by atoms with Gasteiger partial charge in [-0.25, -0.2) is 0 Å². The molecule has 0 amide bonds. The Morgan fingerprint density at radius 2 is 2.25 bits per heavy atom. The monoisotopic (exact) mass is 283 g/mol. The quantitative estimate of drug-likeness (QED) is 0.856. The zero-order valence-electron chi connectivity index (χ0n) is 9.73. The van der Waals surface area contributed by atoms with E-state index in [0.717, 1.165) is 23.3 Å². The fraction of sp³-hybridized carbons (Fsp3) is 0.500. The summed E-state index contributed by atoms with van der Waals surface area (Å²) in [5.41, 5.74) is 3.25. The van der Waals surface area contributed by atoms with E-state index in [1.165, 1.54) is 12.8 Å². The first-order valence-electron chi connectivity index (χ1n) is 5.76. The van der Waals surface area contributed by atoms with E-state index in [1.807, 2.05) is 12.1 Å². The first kappa shape index (κ1) is 11.6. The van der Waals surface area contributed by atoms with Crippen molar-refractivity contribution in [3.8, 4) is 0 Å². The van der Waals surface area contributed by atoms with E-state index in [1.54, 1.807) is 0 Å². The van der Waals surface area contributed by atoms with Crippen molar-refractivity contribution in [2.75, 3.05) is 11.9 Å². The molecule has 1 heterocycles. The van der Waals surface area contributed by atoms with Crippen molar-refractivity contribution in [2.45, 2.75) is 26.7 Å². The van der Waals surface area contributed by atoms with Crippen molar-refractivity contribution >= 4 is 31.7 Å². The summed E-state index contributed by atoms with van der Waals surface area (Å²) in [5, 5.41) is 3.49. The summed E-state index contributed by atoms with van der Waals surface area (Å²) >= 11 is 0.0646. The number of hydrogen-bond donors (Lipinski definition) is 1. The number of nitrogens with zero attached hydrogens (tertiary/aromatic N) is 2. The molecule has 0 radical (unpaired) electrons. The maximum absolute atomic E-state index is 4.46. The molecule has 3 nitrogen and oxygen atoms in total. The zero-order valence-corrected chi connectivity index (χ0v) is 11.4. The van der Waals surface area contributed by atoms with E-state index in [9.17, 15) is 0 Å². The Labute approximate surface area is 102 Å². The Morgan fingerprint density at radius 1 is 1.38 bits per heavy atom. The Balaban J connectivity index is 2.06. The van der Waals surface area contributed by atoms with Crippen LogP contribution in [0.4, 0.5) is 5.69 Å². The van der Waals surface area contributed by atoms with Gasteiger partial charge in [-0.3, -0.25) is 0 Å².